The van der Waals surface area contributed by atoms with E-state index in [1.54, 1.807) is 0 Å². The maximum atomic E-state index is 8.81. The van der Waals surface area contributed by atoms with Crippen molar-refractivity contribution in [3.8, 4) is 0 Å². The number of nitrogens with one attached hydrogen (secondary N) is 1. The average Bonchev–Trinajstić information content (AvgIpc) is 2.48. The van der Waals surface area contributed by atoms with Crippen LogP contribution in [0, 0.1) is 5.41 Å². The van der Waals surface area contributed by atoms with Crippen molar-refractivity contribution in [1.29, 1.82) is 0 Å². The molecule has 0 radical (unpaired) electrons. The fourth-order valence-corrected chi connectivity index (χ4v) is 2.68. The molecule has 2 nitrogen and oxygen atoms in total. The van der Waals surface area contributed by atoms with E-state index in [4.69, 9.17) is 5.11 Å². The van der Waals surface area contributed by atoms with Gasteiger partial charge in [-0.3, -0.25) is 0 Å². The molecule has 0 aromatic rings. The molecule has 1 spiro atoms. The summed E-state index contributed by atoms with van der Waals surface area (Å²) in [6, 6.07) is 0.634. The molecule has 1 aliphatic carbocycles. The molecule has 2 N–H and O–H groups in total. The molecule has 1 saturated heterocycles. The zero-order valence-corrected chi connectivity index (χ0v) is 6.97. The summed E-state index contributed by atoms with van der Waals surface area (Å²) in [7, 11) is 0. The second-order valence-corrected chi connectivity index (χ2v) is 4.02. The van der Waals surface area contributed by atoms with Crippen molar-refractivity contribution in [2.45, 2.75) is 38.1 Å². The molecule has 2 rings (SSSR count). The molecule has 11 heavy (non-hydrogen) atoms. The van der Waals surface area contributed by atoms with Crippen LogP contribution in [0.4, 0.5) is 0 Å². The summed E-state index contributed by atoms with van der Waals surface area (Å²) >= 11 is 0. The van der Waals surface area contributed by atoms with Crippen LogP contribution in [-0.2, 0) is 0 Å². The van der Waals surface area contributed by atoms with Crippen molar-refractivity contribution in [2.24, 2.45) is 5.41 Å². The third kappa shape index (κ3) is 1.09. The highest BCUT2D eigenvalue weighted by molar-refractivity contribution is 5.03. The molecule has 1 aliphatic heterocycles. The van der Waals surface area contributed by atoms with E-state index in [0.717, 1.165) is 6.42 Å². The Labute approximate surface area is 68.0 Å². The van der Waals surface area contributed by atoms with Gasteiger partial charge >= 0.3 is 0 Å². The topological polar surface area (TPSA) is 32.3 Å². The Bertz CT molecular complexity index is 140. The summed E-state index contributed by atoms with van der Waals surface area (Å²) in [4.78, 5) is 0. The Morgan fingerprint density at radius 3 is 2.55 bits per heavy atom. The summed E-state index contributed by atoms with van der Waals surface area (Å²) in [6.45, 7) is 1.55. The third-order valence-electron chi connectivity index (χ3n) is 3.46. The van der Waals surface area contributed by atoms with Crippen LogP contribution in [0.15, 0.2) is 0 Å². The number of hydrogen-bond donors (Lipinski definition) is 2. The van der Waals surface area contributed by atoms with Crippen molar-refractivity contribution in [3.05, 3.63) is 0 Å². The highest BCUT2D eigenvalue weighted by atomic mass is 16.3. The highest BCUT2D eigenvalue weighted by Gasteiger charge is 2.47. The normalized spacial score (nSPS) is 34.1. The molecule has 1 atom stereocenters. The monoisotopic (exact) mass is 155 g/mol. The minimum absolute atomic E-state index is 0.347. The predicted molar refractivity (Wildman–Crippen MR) is 44.4 cm³/mol. The van der Waals surface area contributed by atoms with Gasteiger partial charge < -0.3 is 10.4 Å². The summed E-state index contributed by atoms with van der Waals surface area (Å²) in [6.07, 6.45) is 6.56. The number of rotatable bonds is 2. The third-order valence-corrected chi connectivity index (χ3v) is 3.46. The van der Waals surface area contributed by atoms with Crippen molar-refractivity contribution >= 4 is 0 Å². The van der Waals surface area contributed by atoms with Crippen molar-refractivity contribution < 1.29 is 5.11 Å². The lowest BCUT2D eigenvalue weighted by Gasteiger charge is -2.48. The van der Waals surface area contributed by atoms with Crippen LogP contribution >= 0.6 is 0 Å². The predicted octanol–water partition coefficient (Wildman–Crippen LogP) is 0.901. The second-order valence-electron chi connectivity index (χ2n) is 4.02. The van der Waals surface area contributed by atoms with E-state index < -0.39 is 0 Å². The van der Waals surface area contributed by atoms with E-state index >= 15 is 0 Å². The molecule has 2 fully saturated rings. The van der Waals surface area contributed by atoms with E-state index in [9.17, 15) is 0 Å². The van der Waals surface area contributed by atoms with Gasteiger partial charge in [-0.2, -0.15) is 0 Å². The lowest BCUT2D eigenvalue weighted by Crippen LogP contribution is -2.61. The van der Waals surface area contributed by atoms with E-state index in [1.165, 1.54) is 32.2 Å². The van der Waals surface area contributed by atoms with Crippen molar-refractivity contribution in [3.63, 3.8) is 0 Å². The molecule has 64 valence electrons. The lowest BCUT2D eigenvalue weighted by atomic mass is 9.71. The fraction of sp³-hybridized carbons (Fsp3) is 1.00. The molecule has 1 unspecified atom stereocenters. The molecule has 2 aliphatic rings. The molecule has 0 bridgehead atoms. The Balaban J connectivity index is 1.92. The van der Waals surface area contributed by atoms with Crippen LogP contribution in [-0.4, -0.2) is 24.3 Å². The van der Waals surface area contributed by atoms with Gasteiger partial charge in [-0.25, -0.2) is 0 Å². The maximum Gasteiger partial charge on any atom is 0.0446 e. The van der Waals surface area contributed by atoms with Gasteiger partial charge in [0.25, 0.3) is 0 Å². The van der Waals surface area contributed by atoms with Crippen LogP contribution in [0.25, 0.3) is 0 Å². The smallest absolute Gasteiger partial charge is 0.0446 e. The van der Waals surface area contributed by atoms with Gasteiger partial charge in [0.05, 0.1) is 0 Å². The second kappa shape index (κ2) is 2.76. The molecule has 1 saturated carbocycles. The zero-order valence-electron chi connectivity index (χ0n) is 6.97. The molecule has 0 aromatic heterocycles. The van der Waals surface area contributed by atoms with Crippen LogP contribution in [0.5, 0.6) is 0 Å². The minimum Gasteiger partial charge on any atom is -0.396 e. The molecule has 0 amide bonds. The van der Waals surface area contributed by atoms with Gasteiger partial charge in [0, 0.05) is 19.2 Å². The molecular formula is C9H17NO. The first-order chi connectivity index (χ1) is 5.37. The summed E-state index contributed by atoms with van der Waals surface area (Å²) < 4.78 is 0. The van der Waals surface area contributed by atoms with E-state index in [1.807, 2.05) is 0 Å². The first kappa shape index (κ1) is 7.56. The highest BCUT2D eigenvalue weighted by Crippen LogP contribution is 2.46. The Hall–Kier alpha value is -0.0800. The average molecular weight is 155 g/mol. The van der Waals surface area contributed by atoms with Gasteiger partial charge in [-0.15, -0.1) is 0 Å². The summed E-state index contributed by atoms with van der Waals surface area (Å²) in [5.74, 6) is 0. The molecular weight excluding hydrogens is 138 g/mol. The van der Waals surface area contributed by atoms with Crippen LogP contribution in [0.1, 0.15) is 32.1 Å². The fourth-order valence-electron chi connectivity index (χ4n) is 2.68. The first-order valence-corrected chi connectivity index (χ1v) is 4.72. The standard InChI is InChI=1S/C9H17NO/c11-6-3-8-9(7-10-8)4-1-2-5-9/h8,10-11H,1-7H2. The Kier molecular flexibility index (Phi) is 1.90. The van der Waals surface area contributed by atoms with Gasteiger partial charge in [-0.05, 0) is 24.7 Å². The molecule has 2 heteroatoms. The lowest BCUT2D eigenvalue weighted by molar-refractivity contribution is 0.0677. The van der Waals surface area contributed by atoms with Gasteiger partial charge in [0.2, 0.25) is 0 Å². The van der Waals surface area contributed by atoms with Crippen LogP contribution < -0.4 is 5.32 Å². The number of aliphatic hydroxyl groups is 1. The van der Waals surface area contributed by atoms with Gasteiger partial charge in [0.15, 0.2) is 0 Å². The largest absolute Gasteiger partial charge is 0.396 e. The Morgan fingerprint density at radius 1 is 1.36 bits per heavy atom. The Morgan fingerprint density at radius 2 is 2.09 bits per heavy atom. The molecule has 1 heterocycles. The maximum absolute atomic E-state index is 8.81. The number of hydrogen-bond acceptors (Lipinski definition) is 2. The van der Waals surface area contributed by atoms with Crippen molar-refractivity contribution in [2.75, 3.05) is 13.2 Å². The van der Waals surface area contributed by atoms with Gasteiger partial charge in [-0.1, -0.05) is 12.8 Å². The van der Waals surface area contributed by atoms with E-state index in [-0.39, 0.29) is 0 Å². The summed E-state index contributed by atoms with van der Waals surface area (Å²) in [5, 5.41) is 12.2. The van der Waals surface area contributed by atoms with Crippen molar-refractivity contribution in [1.82, 2.24) is 5.32 Å². The SMILES string of the molecule is OCCC1NCC12CCCC2. The van der Waals surface area contributed by atoms with Crippen LogP contribution in [0.2, 0.25) is 0 Å². The minimum atomic E-state index is 0.347. The van der Waals surface area contributed by atoms with Crippen LogP contribution in [0.3, 0.4) is 0 Å². The van der Waals surface area contributed by atoms with E-state index in [0.29, 0.717) is 18.1 Å². The first-order valence-electron chi connectivity index (χ1n) is 4.72. The summed E-state index contributed by atoms with van der Waals surface area (Å²) in [5.41, 5.74) is 0.614. The molecule has 0 aromatic carbocycles. The quantitative estimate of drug-likeness (QED) is 0.621. The zero-order chi connectivity index (χ0) is 7.73. The van der Waals surface area contributed by atoms with Gasteiger partial charge in [0.1, 0.15) is 0 Å². The number of aliphatic hydroxyl groups excluding tert-OH is 1. The van der Waals surface area contributed by atoms with E-state index in [2.05, 4.69) is 5.32 Å².